The van der Waals surface area contributed by atoms with Gasteiger partial charge in [0.25, 0.3) is 0 Å². The molecule has 0 fully saturated rings. The van der Waals surface area contributed by atoms with E-state index in [4.69, 9.17) is 0 Å². The van der Waals surface area contributed by atoms with Crippen LogP contribution in [0.1, 0.15) is 31.7 Å². The quantitative estimate of drug-likeness (QED) is 0.757. The molecule has 4 heteroatoms. The Labute approximate surface area is 140 Å². The van der Waals surface area contributed by atoms with E-state index in [2.05, 4.69) is 18.7 Å². The number of benzene rings is 1. The standard InChI is InChI=1S/C19H25NO2S/c1-4-17(3)20(18-10-8-6-5-7-9-11-18)23(21,22)19-14-12-16(2)13-15-19/h4,8-15,17-18H,1,5-7H2,2-3H3/b10-8-,11-9-. The van der Waals surface area contributed by atoms with Crippen molar-refractivity contribution in [2.45, 2.75) is 50.1 Å². The SMILES string of the molecule is C=CC(C)N(C1/C=C\CCC/C=C\1)S(=O)(=O)c1ccc(C)cc1. The highest BCUT2D eigenvalue weighted by Gasteiger charge is 2.32. The molecule has 124 valence electrons. The lowest BCUT2D eigenvalue weighted by atomic mass is 10.1. The topological polar surface area (TPSA) is 37.4 Å². The third kappa shape index (κ3) is 4.21. The third-order valence-corrected chi connectivity index (χ3v) is 6.04. The highest BCUT2D eigenvalue weighted by atomic mass is 32.2. The van der Waals surface area contributed by atoms with Crippen molar-refractivity contribution in [2.24, 2.45) is 0 Å². The number of nitrogens with zero attached hydrogens (tertiary/aromatic N) is 1. The van der Waals surface area contributed by atoms with Crippen molar-refractivity contribution < 1.29 is 8.42 Å². The lowest BCUT2D eigenvalue weighted by Gasteiger charge is -2.31. The van der Waals surface area contributed by atoms with E-state index in [0.717, 1.165) is 24.8 Å². The molecule has 1 atom stereocenters. The van der Waals surface area contributed by atoms with Gasteiger partial charge in [-0.3, -0.25) is 0 Å². The number of rotatable bonds is 5. The van der Waals surface area contributed by atoms with Gasteiger partial charge >= 0.3 is 0 Å². The largest absolute Gasteiger partial charge is 0.244 e. The highest BCUT2D eigenvalue weighted by Crippen LogP contribution is 2.24. The Morgan fingerprint density at radius 3 is 2.26 bits per heavy atom. The summed E-state index contributed by atoms with van der Waals surface area (Å²) in [5.74, 6) is 0. The molecule has 0 spiro atoms. The summed E-state index contributed by atoms with van der Waals surface area (Å²) in [4.78, 5) is 0.320. The summed E-state index contributed by atoms with van der Waals surface area (Å²) in [5, 5.41) is 0. The van der Waals surface area contributed by atoms with E-state index in [1.54, 1.807) is 18.2 Å². The van der Waals surface area contributed by atoms with Crippen LogP contribution in [0, 0.1) is 6.92 Å². The monoisotopic (exact) mass is 331 g/mol. The van der Waals surface area contributed by atoms with Crippen molar-refractivity contribution in [1.29, 1.82) is 0 Å². The molecule has 1 aliphatic carbocycles. The Morgan fingerprint density at radius 2 is 1.74 bits per heavy atom. The van der Waals surface area contributed by atoms with Crippen molar-refractivity contribution >= 4 is 10.0 Å². The molecule has 0 aliphatic heterocycles. The molecule has 1 aromatic rings. The summed E-state index contributed by atoms with van der Waals surface area (Å²) in [5.41, 5.74) is 1.04. The second-order valence-electron chi connectivity index (χ2n) is 5.90. The fourth-order valence-electron chi connectivity index (χ4n) is 2.65. The molecule has 23 heavy (non-hydrogen) atoms. The molecule has 1 aliphatic rings. The van der Waals surface area contributed by atoms with Crippen LogP contribution in [0.3, 0.4) is 0 Å². The van der Waals surface area contributed by atoms with Crippen LogP contribution in [-0.4, -0.2) is 24.8 Å². The predicted molar refractivity (Wildman–Crippen MR) is 95.8 cm³/mol. The van der Waals surface area contributed by atoms with Gasteiger partial charge in [0.05, 0.1) is 10.9 Å². The molecule has 0 saturated carbocycles. The summed E-state index contributed by atoms with van der Waals surface area (Å²) in [7, 11) is -3.60. The predicted octanol–water partition coefficient (Wildman–Crippen LogP) is 4.23. The molecule has 0 aromatic heterocycles. The first kappa shape index (κ1) is 17.7. The zero-order chi connectivity index (χ0) is 16.9. The number of sulfonamides is 1. The average molecular weight is 331 g/mol. The number of hydrogen-bond acceptors (Lipinski definition) is 2. The molecular weight excluding hydrogens is 306 g/mol. The smallest absolute Gasteiger partial charge is 0.207 e. The first-order valence-electron chi connectivity index (χ1n) is 8.03. The minimum atomic E-state index is -3.60. The first-order chi connectivity index (χ1) is 11.0. The lowest BCUT2D eigenvalue weighted by Crippen LogP contribution is -2.43. The molecule has 0 amide bonds. The van der Waals surface area contributed by atoms with E-state index in [1.807, 2.05) is 38.1 Å². The minimum absolute atomic E-state index is 0.283. The normalized spacial score (nSPS) is 20.5. The van der Waals surface area contributed by atoms with Gasteiger partial charge in [-0.05, 0) is 45.2 Å². The number of aryl methyl sites for hydroxylation is 1. The minimum Gasteiger partial charge on any atom is -0.207 e. The van der Waals surface area contributed by atoms with Crippen LogP contribution in [-0.2, 0) is 10.0 Å². The molecule has 2 rings (SSSR count). The van der Waals surface area contributed by atoms with Gasteiger partial charge in [0.1, 0.15) is 0 Å². The third-order valence-electron chi connectivity index (χ3n) is 4.04. The Bertz CT molecular complexity index is 673. The van der Waals surface area contributed by atoms with Crippen LogP contribution in [0.25, 0.3) is 0 Å². The summed E-state index contributed by atoms with van der Waals surface area (Å²) in [6.07, 6.45) is 12.8. The highest BCUT2D eigenvalue weighted by molar-refractivity contribution is 7.89. The van der Waals surface area contributed by atoms with Gasteiger partial charge in [-0.2, -0.15) is 4.31 Å². The van der Waals surface area contributed by atoms with Crippen LogP contribution in [0.15, 0.2) is 66.1 Å². The zero-order valence-corrected chi connectivity index (χ0v) is 14.7. The maximum Gasteiger partial charge on any atom is 0.244 e. The molecule has 0 N–H and O–H groups in total. The maximum absolute atomic E-state index is 13.2. The summed E-state index contributed by atoms with van der Waals surface area (Å²) in [6.45, 7) is 7.59. The van der Waals surface area contributed by atoms with E-state index < -0.39 is 10.0 Å². The summed E-state index contributed by atoms with van der Waals surface area (Å²) in [6, 6.07) is 6.42. The molecular formula is C19H25NO2S. The van der Waals surface area contributed by atoms with Crippen LogP contribution >= 0.6 is 0 Å². The van der Waals surface area contributed by atoms with Gasteiger partial charge in [-0.1, -0.05) is 48.1 Å². The van der Waals surface area contributed by atoms with Gasteiger partial charge in [0.15, 0.2) is 0 Å². The van der Waals surface area contributed by atoms with Crippen molar-refractivity contribution in [1.82, 2.24) is 4.31 Å². The summed E-state index contributed by atoms with van der Waals surface area (Å²) >= 11 is 0. The Kier molecular flexibility index (Phi) is 5.97. The number of allylic oxidation sites excluding steroid dienone is 2. The van der Waals surface area contributed by atoms with Crippen molar-refractivity contribution in [2.75, 3.05) is 0 Å². The van der Waals surface area contributed by atoms with E-state index in [-0.39, 0.29) is 12.1 Å². The van der Waals surface area contributed by atoms with Crippen molar-refractivity contribution in [3.63, 3.8) is 0 Å². The average Bonchev–Trinajstić information content (AvgIpc) is 2.49. The van der Waals surface area contributed by atoms with Gasteiger partial charge in [0, 0.05) is 6.04 Å². The molecule has 3 nitrogen and oxygen atoms in total. The van der Waals surface area contributed by atoms with Gasteiger partial charge in [-0.25, -0.2) is 8.42 Å². The maximum atomic E-state index is 13.2. The number of hydrogen-bond donors (Lipinski definition) is 0. The van der Waals surface area contributed by atoms with E-state index >= 15 is 0 Å². The second kappa shape index (κ2) is 7.75. The second-order valence-corrected chi connectivity index (χ2v) is 7.75. The van der Waals surface area contributed by atoms with Crippen LogP contribution in [0.2, 0.25) is 0 Å². The Balaban J connectivity index is 2.46. The zero-order valence-electron chi connectivity index (χ0n) is 13.9. The van der Waals surface area contributed by atoms with Gasteiger partial charge in [-0.15, -0.1) is 6.58 Å². The van der Waals surface area contributed by atoms with E-state index in [9.17, 15) is 8.42 Å². The van der Waals surface area contributed by atoms with Crippen LogP contribution in [0.4, 0.5) is 0 Å². The summed E-state index contributed by atoms with van der Waals surface area (Å²) < 4.78 is 27.8. The van der Waals surface area contributed by atoms with E-state index in [0.29, 0.717) is 4.90 Å². The molecule has 0 radical (unpaired) electrons. The van der Waals surface area contributed by atoms with Crippen molar-refractivity contribution in [3.05, 3.63) is 66.8 Å². The molecule has 0 heterocycles. The Hall–Kier alpha value is -1.65. The van der Waals surface area contributed by atoms with E-state index in [1.165, 1.54) is 4.31 Å². The van der Waals surface area contributed by atoms with Crippen molar-refractivity contribution in [3.8, 4) is 0 Å². The van der Waals surface area contributed by atoms with Crippen LogP contribution in [0.5, 0.6) is 0 Å². The molecule has 1 aromatic carbocycles. The molecule has 0 saturated heterocycles. The lowest BCUT2D eigenvalue weighted by molar-refractivity contribution is 0.363. The Morgan fingerprint density at radius 1 is 1.17 bits per heavy atom. The molecule has 1 unspecified atom stereocenters. The van der Waals surface area contributed by atoms with Gasteiger partial charge in [0.2, 0.25) is 10.0 Å². The van der Waals surface area contributed by atoms with Crippen LogP contribution < -0.4 is 0 Å². The first-order valence-corrected chi connectivity index (χ1v) is 9.47. The molecule has 0 bridgehead atoms. The fourth-order valence-corrected chi connectivity index (χ4v) is 4.35. The van der Waals surface area contributed by atoms with Gasteiger partial charge < -0.3 is 0 Å². The fraction of sp³-hybridized carbons (Fsp3) is 0.368.